The molecule has 2 fully saturated rings. The number of carbonyl (C=O) groups excluding carboxylic acids is 2. The van der Waals surface area contributed by atoms with Crippen molar-refractivity contribution in [1.29, 1.82) is 0 Å². The number of nitrogens with zero attached hydrogens (tertiary/aromatic N) is 1. The van der Waals surface area contributed by atoms with Gasteiger partial charge in [-0.1, -0.05) is 45.7 Å². The molecule has 0 spiro atoms. The first-order valence-electron chi connectivity index (χ1n) is 12.5. The maximum Gasteiger partial charge on any atom is 0.309 e. The lowest BCUT2D eigenvalue weighted by molar-refractivity contribution is -0.154. The number of fused-ring (bicyclic) bond motifs is 1. The van der Waals surface area contributed by atoms with Gasteiger partial charge in [-0.2, -0.15) is 0 Å². The average Bonchev–Trinajstić information content (AvgIpc) is 3.23. The number of ketones is 1. The van der Waals surface area contributed by atoms with E-state index < -0.39 is 47.6 Å². The van der Waals surface area contributed by atoms with Crippen molar-refractivity contribution in [3.8, 4) is 0 Å². The molecular weight excluding hydrogens is 506 g/mol. The molecule has 0 radical (unpaired) electrons. The van der Waals surface area contributed by atoms with Gasteiger partial charge >= 0.3 is 5.97 Å². The summed E-state index contributed by atoms with van der Waals surface area (Å²) in [6.07, 6.45) is 0.688. The summed E-state index contributed by atoms with van der Waals surface area (Å²) in [7, 11) is 0. The van der Waals surface area contributed by atoms with Gasteiger partial charge in [0.05, 0.1) is 53.1 Å². The molecule has 3 heterocycles. The molecule has 0 aromatic carbocycles. The van der Waals surface area contributed by atoms with E-state index in [0.29, 0.717) is 17.1 Å². The molecule has 2 aliphatic heterocycles. The topological polar surface area (TPSA) is 129 Å². The number of hydrogen-bond donors (Lipinski definition) is 3. The van der Waals surface area contributed by atoms with E-state index in [-0.39, 0.29) is 29.4 Å². The number of aliphatic hydroxyl groups is 3. The number of aliphatic hydroxyl groups excluding tert-OH is 3. The van der Waals surface area contributed by atoms with E-state index in [1.807, 2.05) is 13.8 Å². The van der Waals surface area contributed by atoms with Gasteiger partial charge in [-0.25, -0.2) is 4.98 Å². The first-order chi connectivity index (χ1) is 16.8. The van der Waals surface area contributed by atoms with E-state index in [2.05, 4.69) is 4.98 Å². The molecule has 0 amide bonds. The Kier molecular flexibility index (Phi) is 9.39. The fourth-order valence-corrected chi connectivity index (χ4v) is 5.74. The standard InChI is InChI=1S/C26H38ClNO7S/c1-14-7-6-8-26(5)20(35-26)10-18(17(27)9-16-13-36-21(12-29)28-16)34-22(31)11-19(30)25(3,4)24(33)15(2)23(14)32/h9,13-15,18-20,23,29-30,32H,6-8,10-12H2,1-5H3/b17-9+/t14-,15+,18-,19-,20-,23-,26+/m0/s1. The molecule has 3 rings (SSSR count). The summed E-state index contributed by atoms with van der Waals surface area (Å²) in [6, 6.07) is 0. The highest BCUT2D eigenvalue weighted by Crippen LogP contribution is 2.45. The van der Waals surface area contributed by atoms with Crippen molar-refractivity contribution >= 4 is 40.8 Å². The van der Waals surface area contributed by atoms with Crippen molar-refractivity contribution in [2.75, 3.05) is 0 Å². The van der Waals surface area contributed by atoms with Crippen molar-refractivity contribution in [3.63, 3.8) is 0 Å². The Morgan fingerprint density at radius 2 is 1.97 bits per heavy atom. The first kappa shape index (κ1) is 29.2. The summed E-state index contributed by atoms with van der Waals surface area (Å²) in [5, 5.41) is 33.5. The Labute approximate surface area is 221 Å². The van der Waals surface area contributed by atoms with Gasteiger partial charge in [0.2, 0.25) is 0 Å². The Hall–Kier alpha value is -1.36. The van der Waals surface area contributed by atoms with E-state index in [9.17, 15) is 24.9 Å². The molecule has 3 N–H and O–H groups in total. The molecule has 36 heavy (non-hydrogen) atoms. The molecule has 0 saturated carbocycles. The molecule has 0 unspecified atom stereocenters. The fraction of sp³-hybridized carbons (Fsp3) is 0.731. The molecule has 0 aliphatic carbocycles. The minimum atomic E-state index is -1.30. The lowest BCUT2D eigenvalue weighted by Crippen LogP contribution is -2.45. The second-order valence-corrected chi connectivity index (χ2v) is 12.3. The zero-order valence-corrected chi connectivity index (χ0v) is 23.1. The van der Waals surface area contributed by atoms with E-state index in [1.54, 1.807) is 32.2 Å². The Bertz CT molecular complexity index is 979. The molecule has 1 aromatic rings. The summed E-state index contributed by atoms with van der Waals surface area (Å²) in [5.41, 5.74) is -1.10. The van der Waals surface area contributed by atoms with Crippen LogP contribution in [0.5, 0.6) is 0 Å². The SMILES string of the molecule is C[C@H]1CCC[C@@]2(C)O[C@H]2C[C@@H](/C(Cl)=C\c2csc(CO)n2)OC(=O)C[C@H](O)C(C)(C)C(=O)[C@H](C)[C@H]1O. The largest absolute Gasteiger partial charge is 0.456 e. The van der Waals surface area contributed by atoms with E-state index in [0.717, 1.165) is 19.3 Å². The number of esters is 1. The molecule has 202 valence electrons. The number of rotatable bonds is 3. The smallest absolute Gasteiger partial charge is 0.309 e. The number of cyclic esters (lactones) is 1. The molecule has 7 atom stereocenters. The van der Waals surface area contributed by atoms with Crippen LogP contribution in [-0.4, -0.2) is 62.1 Å². The summed E-state index contributed by atoms with van der Waals surface area (Å²) in [5.74, 6) is -1.79. The van der Waals surface area contributed by atoms with Crippen LogP contribution in [0.4, 0.5) is 0 Å². The van der Waals surface area contributed by atoms with Crippen LogP contribution in [0.2, 0.25) is 0 Å². The van der Waals surface area contributed by atoms with Crippen molar-refractivity contribution < 1.29 is 34.4 Å². The summed E-state index contributed by atoms with van der Waals surface area (Å²) < 4.78 is 11.7. The van der Waals surface area contributed by atoms with Crippen LogP contribution in [-0.2, 0) is 25.7 Å². The lowest BCUT2D eigenvalue weighted by Gasteiger charge is -2.34. The van der Waals surface area contributed by atoms with Crippen molar-refractivity contribution in [2.45, 2.75) is 103 Å². The Balaban J connectivity index is 1.85. The lowest BCUT2D eigenvalue weighted by atomic mass is 9.73. The number of ether oxygens (including phenoxy) is 2. The normalized spacial score (nSPS) is 36.8. The number of thiazole rings is 1. The van der Waals surface area contributed by atoms with Gasteiger partial charge < -0.3 is 24.8 Å². The number of carbonyl (C=O) groups is 2. The molecule has 2 aliphatic rings. The van der Waals surface area contributed by atoms with Gasteiger partial charge in [-0.05, 0) is 31.8 Å². The van der Waals surface area contributed by atoms with Gasteiger partial charge in [0.1, 0.15) is 16.9 Å². The maximum atomic E-state index is 13.2. The molecular formula is C26H38ClNO7S. The fourth-order valence-electron chi connectivity index (χ4n) is 4.88. The van der Waals surface area contributed by atoms with E-state index >= 15 is 0 Å². The quantitative estimate of drug-likeness (QED) is 0.387. The average molecular weight is 544 g/mol. The highest BCUT2D eigenvalue weighted by Gasteiger charge is 2.53. The molecule has 2 saturated heterocycles. The minimum absolute atomic E-state index is 0.109. The third-order valence-corrected chi connectivity index (χ3v) is 8.91. The molecule has 10 heteroatoms. The van der Waals surface area contributed by atoms with Gasteiger partial charge in [0.25, 0.3) is 0 Å². The van der Waals surface area contributed by atoms with E-state index in [1.165, 1.54) is 11.3 Å². The Morgan fingerprint density at radius 1 is 1.28 bits per heavy atom. The maximum absolute atomic E-state index is 13.2. The van der Waals surface area contributed by atoms with Crippen molar-refractivity contribution in [2.24, 2.45) is 17.3 Å². The number of epoxide rings is 1. The second kappa shape index (κ2) is 11.6. The minimum Gasteiger partial charge on any atom is -0.456 e. The van der Waals surface area contributed by atoms with Crippen LogP contribution in [0.1, 0.15) is 77.4 Å². The van der Waals surface area contributed by atoms with Crippen LogP contribution in [0.25, 0.3) is 6.08 Å². The molecule has 0 bridgehead atoms. The van der Waals surface area contributed by atoms with Crippen LogP contribution >= 0.6 is 22.9 Å². The van der Waals surface area contributed by atoms with Gasteiger partial charge in [-0.3, -0.25) is 9.59 Å². The highest BCUT2D eigenvalue weighted by atomic mass is 35.5. The second-order valence-electron chi connectivity index (χ2n) is 10.9. The van der Waals surface area contributed by atoms with Crippen LogP contribution in [0.15, 0.2) is 10.4 Å². The predicted molar refractivity (Wildman–Crippen MR) is 137 cm³/mol. The van der Waals surface area contributed by atoms with Crippen molar-refractivity contribution in [1.82, 2.24) is 4.98 Å². The summed E-state index contributed by atoms with van der Waals surface area (Å²) in [6.45, 7) is 8.59. The molecule has 1 aromatic heterocycles. The van der Waals surface area contributed by atoms with Crippen LogP contribution in [0, 0.1) is 17.3 Å². The number of Topliss-reactive ketones (excluding diaryl/α,β-unsaturated/α-hetero) is 1. The third kappa shape index (κ3) is 6.74. The zero-order valence-electron chi connectivity index (χ0n) is 21.6. The Morgan fingerprint density at radius 3 is 2.61 bits per heavy atom. The number of hydrogen-bond acceptors (Lipinski definition) is 9. The molecule has 8 nitrogen and oxygen atoms in total. The first-order valence-corrected chi connectivity index (χ1v) is 13.7. The zero-order chi connectivity index (χ0) is 26.8. The highest BCUT2D eigenvalue weighted by molar-refractivity contribution is 7.09. The predicted octanol–water partition coefficient (Wildman–Crippen LogP) is 3.84. The third-order valence-electron chi connectivity index (χ3n) is 7.70. The summed E-state index contributed by atoms with van der Waals surface area (Å²) in [4.78, 5) is 30.3. The monoisotopic (exact) mass is 543 g/mol. The van der Waals surface area contributed by atoms with E-state index in [4.69, 9.17) is 21.1 Å². The van der Waals surface area contributed by atoms with Gasteiger partial charge in [0.15, 0.2) is 0 Å². The van der Waals surface area contributed by atoms with Gasteiger partial charge in [-0.15, -0.1) is 11.3 Å². The van der Waals surface area contributed by atoms with Crippen LogP contribution < -0.4 is 0 Å². The van der Waals surface area contributed by atoms with Crippen molar-refractivity contribution in [3.05, 3.63) is 21.1 Å². The number of aromatic nitrogens is 1. The summed E-state index contributed by atoms with van der Waals surface area (Å²) >= 11 is 7.89. The van der Waals surface area contributed by atoms with Crippen LogP contribution in [0.3, 0.4) is 0 Å². The number of halogens is 1. The van der Waals surface area contributed by atoms with Gasteiger partial charge in [0, 0.05) is 17.7 Å².